The zero-order valence-corrected chi connectivity index (χ0v) is 12.1. The number of nitrogen functional groups attached to an aromatic ring is 1. The minimum absolute atomic E-state index is 0.479. The average Bonchev–Trinajstić information content (AvgIpc) is 2.35. The van der Waals surface area contributed by atoms with E-state index in [1.165, 1.54) is 16.8 Å². The van der Waals surface area contributed by atoms with E-state index in [9.17, 15) is 0 Å². The van der Waals surface area contributed by atoms with Crippen molar-refractivity contribution in [2.45, 2.75) is 33.6 Å². The van der Waals surface area contributed by atoms with Crippen LogP contribution < -0.4 is 11.1 Å². The van der Waals surface area contributed by atoms with Gasteiger partial charge in [0.05, 0.1) is 11.4 Å². The Hall–Kier alpha value is -1.96. The Morgan fingerprint density at radius 3 is 2.05 bits per heavy atom. The van der Waals surface area contributed by atoms with Gasteiger partial charge in [0.15, 0.2) is 0 Å². The smallest absolute Gasteiger partial charge is 0.0647 e. The lowest BCUT2D eigenvalue weighted by atomic mass is 9.97. The Bertz CT molecular complexity index is 566. The molecule has 0 bridgehead atoms. The molecule has 0 saturated carbocycles. The minimum atomic E-state index is 0.479. The highest BCUT2D eigenvalue weighted by Gasteiger charge is 2.11. The number of aryl methyl sites for hydroxylation is 2. The normalized spacial score (nSPS) is 10.8. The molecule has 2 aromatic carbocycles. The second-order valence-electron chi connectivity index (χ2n) is 5.36. The quantitative estimate of drug-likeness (QED) is 0.775. The fourth-order valence-electron chi connectivity index (χ4n) is 2.33. The first kappa shape index (κ1) is 13.5. The Labute approximate surface area is 115 Å². The first-order valence-corrected chi connectivity index (χ1v) is 6.72. The molecule has 0 amide bonds. The number of benzene rings is 2. The van der Waals surface area contributed by atoms with E-state index in [1.54, 1.807) is 0 Å². The van der Waals surface area contributed by atoms with Gasteiger partial charge >= 0.3 is 0 Å². The van der Waals surface area contributed by atoms with Crippen molar-refractivity contribution in [1.82, 2.24) is 0 Å². The third kappa shape index (κ3) is 2.73. The van der Waals surface area contributed by atoms with Crippen LogP contribution in [0.5, 0.6) is 0 Å². The van der Waals surface area contributed by atoms with Gasteiger partial charge in [-0.3, -0.25) is 0 Å². The van der Waals surface area contributed by atoms with Crippen LogP contribution in [0.4, 0.5) is 17.1 Å². The van der Waals surface area contributed by atoms with Crippen molar-refractivity contribution in [2.75, 3.05) is 11.1 Å². The summed E-state index contributed by atoms with van der Waals surface area (Å²) in [6.07, 6.45) is 0. The van der Waals surface area contributed by atoms with Crippen molar-refractivity contribution < 1.29 is 0 Å². The molecule has 0 unspecified atom stereocenters. The van der Waals surface area contributed by atoms with Crippen LogP contribution in [0.25, 0.3) is 0 Å². The molecule has 0 spiro atoms. The standard InChI is InChI=1S/C17H22N2/c1-11(2)14-9-5-7-12(3)16(14)19-17-13(4)8-6-10-15(17)18/h5-11,19H,18H2,1-4H3. The number of hydrogen-bond donors (Lipinski definition) is 2. The van der Waals surface area contributed by atoms with Gasteiger partial charge in [-0.25, -0.2) is 0 Å². The largest absolute Gasteiger partial charge is 0.397 e. The molecule has 3 N–H and O–H groups in total. The molecule has 19 heavy (non-hydrogen) atoms. The van der Waals surface area contributed by atoms with E-state index in [0.29, 0.717) is 5.92 Å². The van der Waals surface area contributed by atoms with E-state index in [0.717, 1.165) is 16.9 Å². The SMILES string of the molecule is Cc1cccc(N)c1Nc1c(C)cccc1C(C)C. The summed E-state index contributed by atoms with van der Waals surface area (Å²) in [5.41, 5.74) is 12.8. The van der Waals surface area contributed by atoms with Crippen LogP contribution in [0.1, 0.15) is 36.5 Å². The number of anilines is 3. The van der Waals surface area contributed by atoms with Crippen LogP contribution >= 0.6 is 0 Å². The van der Waals surface area contributed by atoms with Gasteiger partial charge in [0.1, 0.15) is 0 Å². The Balaban J connectivity index is 2.49. The molecule has 0 aliphatic carbocycles. The molecule has 0 heterocycles. The number of nitrogens with one attached hydrogen (secondary N) is 1. The highest BCUT2D eigenvalue weighted by molar-refractivity contribution is 5.78. The summed E-state index contributed by atoms with van der Waals surface area (Å²) in [6.45, 7) is 8.62. The summed E-state index contributed by atoms with van der Waals surface area (Å²) >= 11 is 0. The number of rotatable bonds is 3. The van der Waals surface area contributed by atoms with Gasteiger partial charge in [-0.05, 0) is 42.5 Å². The lowest BCUT2D eigenvalue weighted by Gasteiger charge is -2.19. The summed E-state index contributed by atoms with van der Waals surface area (Å²) in [5.74, 6) is 0.479. The predicted molar refractivity (Wildman–Crippen MR) is 84.1 cm³/mol. The number of para-hydroxylation sites is 2. The summed E-state index contributed by atoms with van der Waals surface area (Å²) < 4.78 is 0. The second-order valence-corrected chi connectivity index (χ2v) is 5.36. The monoisotopic (exact) mass is 254 g/mol. The molecule has 0 radical (unpaired) electrons. The van der Waals surface area contributed by atoms with E-state index in [-0.39, 0.29) is 0 Å². The maximum atomic E-state index is 6.08. The lowest BCUT2D eigenvalue weighted by molar-refractivity contribution is 0.867. The van der Waals surface area contributed by atoms with Crippen molar-refractivity contribution >= 4 is 17.1 Å². The summed E-state index contributed by atoms with van der Waals surface area (Å²) in [5, 5.41) is 3.53. The molecule has 2 aromatic rings. The van der Waals surface area contributed by atoms with Gasteiger partial charge in [-0.15, -0.1) is 0 Å². The Morgan fingerprint density at radius 1 is 0.895 bits per heavy atom. The van der Waals surface area contributed by atoms with Crippen LogP contribution in [0.3, 0.4) is 0 Å². The van der Waals surface area contributed by atoms with Crippen LogP contribution in [0, 0.1) is 13.8 Å². The Kier molecular flexibility index (Phi) is 3.79. The lowest BCUT2D eigenvalue weighted by Crippen LogP contribution is -2.03. The van der Waals surface area contributed by atoms with Gasteiger partial charge in [0, 0.05) is 5.69 Å². The molecule has 0 aromatic heterocycles. The first-order chi connectivity index (χ1) is 9.00. The number of nitrogens with two attached hydrogens (primary N) is 1. The first-order valence-electron chi connectivity index (χ1n) is 6.72. The van der Waals surface area contributed by atoms with Crippen molar-refractivity contribution in [3.8, 4) is 0 Å². The molecule has 2 heteroatoms. The van der Waals surface area contributed by atoms with E-state index in [4.69, 9.17) is 5.73 Å². The summed E-state index contributed by atoms with van der Waals surface area (Å²) in [7, 11) is 0. The van der Waals surface area contributed by atoms with E-state index in [1.807, 2.05) is 12.1 Å². The summed E-state index contributed by atoms with van der Waals surface area (Å²) in [6, 6.07) is 12.4. The van der Waals surface area contributed by atoms with Crippen LogP contribution in [-0.4, -0.2) is 0 Å². The van der Waals surface area contributed by atoms with Gasteiger partial charge in [-0.1, -0.05) is 44.2 Å². The van der Waals surface area contributed by atoms with Gasteiger partial charge in [0.2, 0.25) is 0 Å². The molecule has 0 atom stereocenters. The third-order valence-corrected chi connectivity index (χ3v) is 3.48. The minimum Gasteiger partial charge on any atom is -0.397 e. The molecular weight excluding hydrogens is 232 g/mol. The molecule has 2 nitrogen and oxygen atoms in total. The van der Waals surface area contributed by atoms with Crippen molar-refractivity contribution in [3.63, 3.8) is 0 Å². The van der Waals surface area contributed by atoms with E-state index in [2.05, 4.69) is 57.3 Å². The van der Waals surface area contributed by atoms with Gasteiger partial charge in [0.25, 0.3) is 0 Å². The third-order valence-electron chi connectivity index (χ3n) is 3.48. The number of hydrogen-bond acceptors (Lipinski definition) is 2. The van der Waals surface area contributed by atoms with Crippen LogP contribution in [-0.2, 0) is 0 Å². The molecule has 2 rings (SSSR count). The molecule has 0 saturated heterocycles. The predicted octanol–water partition coefficient (Wildman–Crippen LogP) is 4.75. The topological polar surface area (TPSA) is 38.0 Å². The fraction of sp³-hybridized carbons (Fsp3) is 0.294. The Morgan fingerprint density at radius 2 is 1.47 bits per heavy atom. The second kappa shape index (κ2) is 5.35. The zero-order chi connectivity index (χ0) is 14.0. The van der Waals surface area contributed by atoms with Crippen molar-refractivity contribution in [1.29, 1.82) is 0 Å². The maximum absolute atomic E-state index is 6.08. The van der Waals surface area contributed by atoms with Crippen LogP contribution in [0.2, 0.25) is 0 Å². The molecular formula is C17H22N2. The van der Waals surface area contributed by atoms with Crippen molar-refractivity contribution in [3.05, 3.63) is 53.1 Å². The maximum Gasteiger partial charge on any atom is 0.0647 e. The zero-order valence-electron chi connectivity index (χ0n) is 12.1. The van der Waals surface area contributed by atoms with E-state index < -0.39 is 0 Å². The van der Waals surface area contributed by atoms with E-state index >= 15 is 0 Å². The van der Waals surface area contributed by atoms with Gasteiger partial charge < -0.3 is 11.1 Å². The molecule has 0 aliphatic rings. The van der Waals surface area contributed by atoms with Crippen molar-refractivity contribution in [2.24, 2.45) is 0 Å². The fourth-order valence-corrected chi connectivity index (χ4v) is 2.33. The molecule has 0 aliphatic heterocycles. The van der Waals surface area contributed by atoms with Crippen LogP contribution in [0.15, 0.2) is 36.4 Å². The van der Waals surface area contributed by atoms with Gasteiger partial charge in [-0.2, -0.15) is 0 Å². The molecule has 100 valence electrons. The highest BCUT2D eigenvalue weighted by atomic mass is 14.9. The highest BCUT2D eigenvalue weighted by Crippen LogP contribution is 2.33. The summed E-state index contributed by atoms with van der Waals surface area (Å²) in [4.78, 5) is 0. The average molecular weight is 254 g/mol. The molecule has 0 fully saturated rings.